The second-order valence-electron chi connectivity index (χ2n) is 5.12. The Morgan fingerprint density at radius 3 is 2.31 bits per heavy atom. The van der Waals surface area contributed by atoms with Crippen molar-refractivity contribution in [3.63, 3.8) is 0 Å². The Morgan fingerprint density at radius 1 is 1.31 bits per heavy atom. The summed E-state index contributed by atoms with van der Waals surface area (Å²) in [7, 11) is -3.18. The van der Waals surface area contributed by atoms with Crippen LogP contribution in [-0.4, -0.2) is 43.2 Å². The van der Waals surface area contributed by atoms with Gasteiger partial charge in [0.2, 0.25) is 0 Å². The minimum atomic E-state index is -3.18. The first-order chi connectivity index (χ1) is 7.33. The monoisotopic (exact) mass is 249 g/mol. The van der Waals surface area contributed by atoms with E-state index in [1.165, 1.54) is 0 Å². The molecule has 4 nitrogen and oxygen atoms in total. The SMILES string of the molecule is CC(C)C(C)S(=O)(=O)CC(O)CNC1CC1. The molecule has 0 bridgehead atoms. The molecule has 0 spiro atoms. The fourth-order valence-electron chi connectivity index (χ4n) is 1.48. The topological polar surface area (TPSA) is 66.4 Å². The van der Waals surface area contributed by atoms with Gasteiger partial charge in [-0.15, -0.1) is 0 Å². The zero-order chi connectivity index (χ0) is 12.3. The summed E-state index contributed by atoms with van der Waals surface area (Å²) in [4.78, 5) is 0. The van der Waals surface area contributed by atoms with Crippen LogP contribution in [0.15, 0.2) is 0 Å². The summed E-state index contributed by atoms with van der Waals surface area (Å²) < 4.78 is 23.7. The summed E-state index contributed by atoms with van der Waals surface area (Å²) in [6.07, 6.45) is 1.50. The van der Waals surface area contributed by atoms with Crippen LogP contribution in [0.2, 0.25) is 0 Å². The molecule has 1 rings (SSSR count). The molecule has 96 valence electrons. The number of aliphatic hydroxyl groups is 1. The van der Waals surface area contributed by atoms with Crippen LogP contribution in [0.25, 0.3) is 0 Å². The van der Waals surface area contributed by atoms with Crippen molar-refractivity contribution in [2.75, 3.05) is 12.3 Å². The molecule has 1 saturated carbocycles. The van der Waals surface area contributed by atoms with Gasteiger partial charge in [-0.05, 0) is 25.7 Å². The van der Waals surface area contributed by atoms with E-state index in [0.717, 1.165) is 12.8 Å². The van der Waals surface area contributed by atoms with E-state index in [2.05, 4.69) is 5.32 Å². The highest BCUT2D eigenvalue weighted by Gasteiger charge is 2.28. The summed E-state index contributed by atoms with van der Waals surface area (Å²) in [6.45, 7) is 5.86. The maximum absolute atomic E-state index is 11.9. The van der Waals surface area contributed by atoms with Gasteiger partial charge in [0.1, 0.15) is 0 Å². The van der Waals surface area contributed by atoms with E-state index in [9.17, 15) is 13.5 Å². The van der Waals surface area contributed by atoms with Crippen LogP contribution in [0.4, 0.5) is 0 Å². The molecule has 0 aromatic rings. The van der Waals surface area contributed by atoms with Gasteiger partial charge in [-0.25, -0.2) is 8.42 Å². The van der Waals surface area contributed by atoms with Crippen molar-refractivity contribution < 1.29 is 13.5 Å². The molecule has 0 saturated heterocycles. The molecule has 0 radical (unpaired) electrons. The van der Waals surface area contributed by atoms with Crippen LogP contribution in [0.1, 0.15) is 33.6 Å². The molecule has 2 atom stereocenters. The molecule has 0 aliphatic heterocycles. The number of aliphatic hydroxyl groups excluding tert-OH is 1. The minimum absolute atomic E-state index is 0.0913. The highest BCUT2D eigenvalue weighted by Crippen LogP contribution is 2.18. The van der Waals surface area contributed by atoms with Crippen molar-refractivity contribution in [2.45, 2.75) is 51.0 Å². The van der Waals surface area contributed by atoms with Crippen LogP contribution in [0.3, 0.4) is 0 Å². The fraction of sp³-hybridized carbons (Fsp3) is 1.00. The van der Waals surface area contributed by atoms with Crippen LogP contribution < -0.4 is 5.32 Å². The maximum Gasteiger partial charge on any atom is 0.155 e. The molecule has 0 amide bonds. The number of nitrogens with one attached hydrogen (secondary N) is 1. The quantitative estimate of drug-likeness (QED) is 0.692. The van der Waals surface area contributed by atoms with Crippen molar-refractivity contribution in [3.8, 4) is 0 Å². The predicted molar refractivity (Wildman–Crippen MR) is 65.1 cm³/mol. The molecule has 0 aromatic heterocycles. The average molecular weight is 249 g/mol. The van der Waals surface area contributed by atoms with Crippen LogP contribution in [0, 0.1) is 5.92 Å². The van der Waals surface area contributed by atoms with E-state index >= 15 is 0 Å². The Bertz CT molecular complexity index is 309. The van der Waals surface area contributed by atoms with Gasteiger partial charge < -0.3 is 10.4 Å². The lowest BCUT2D eigenvalue weighted by Gasteiger charge is -2.19. The molecule has 2 N–H and O–H groups in total. The van der Waals surface area contributed by atoms with E-state index in [0.29, 0.717) is 12.6 Å². The summed E-state index contributed by atoms with van der Waals surface area (Å²) in [5, 5.41) is 12.4. The third-order valence-electron chi connectivity index (χ3n) is 3.15. The third kappa shape index (κ3) is 4.39. The number of hydrogen-bond donors (Lipinski definition) is 2. The zero-order valence-corrected chi connectivity index (χ0v) is 11.1. The molecule has 1 fully saturated rings. The van der Waals surface area contributed by atoms with Gasteiger partial charge in [0.25, 0.3) is 0 Å². The Labute approximate surface area is 98.4 Å². The van der Waals surface area contributed by atoms with Crippen LogP contribution in [-0.2, 0) is 9.84 Å². The largest absolute Gasteiger partial charge is 0.391 e. The average Bonchev–Trinajstić information content (AvgIpc) is 2.96. The summed E-state index contributed by atoms with van der Waals surface area (Å²) in [6, 6.07) is 0.500. The van der Waals surface area contributed by atoms with Gasteiger partial charge in [0, 0.05) is 12.6 Å². The first-order valence-electron chi connectivity index (χ1n) is 5.96. The van der Waals surface area contributed by atoms with E-state index in [-0.39, 0.29) is 16.9 Å². The highest BCUT2D eigenvalue weighted by molar-refractivity contribution is 7.92. The van der Waals surface area contributed by atoms with Crippen molar-refractivity contribution in [2.24, 2.45) is 5.92 Å². The standard InChI is InChI=1S/C11H23NO3S/c1-8(2)9(3)16(14,15)7-11(13)6-12-10-4-5-10/h8-13H,4-7H2,1-3H3. The molecular weight excluding hydrogens is 226 g/mol. The van der Waals surface area contributed by atoms with Crippen LogP contribution >= 0.6 is 0 Å². The van der Waals surface area contributed by atoms with E-state index in [1.807, 2.05) is 13.8 Å². The summed E-state index contributed by atoms with van der Waals surface area (Å²) >= 11 is 0. The van der Waals surface area contributed by atoms with E-state index in [4.69, 9.17) is 0 Å². The number of hydrogen-bond acceptors (Lipinski definition) is 4. The second-order valence-corrected chi connectivity index (χ2v) is 7.52. The Morgan fingerprint density at radius 2 is 1.88 bits per heavy atom. The van der Waals surface area contributed by atoms with Gasteiger partial charge in [-0.1, -0.05) is 13.8 Å². The van der Waals surface area contributed by atoms with Gasteiger partial charge in [-0.3, -0.25) is 0 Å². The Hall–Kier alpha value is -0.130. The summed E-state index contributed by atoms with van der Waals surface area (Å²) in [5.74, 6) is -0.0416. The molecule has 0 heterocycles. The molecule has 1 aliphatic rings. The van der Waals surface area contributed by atoms with Gasteiger partial charge in [-0.2, -0.15) is 0 Å². The Kier molecular flexibility index (Phi) is 4.76. The van der Waals surface area contributed by atoms with Gasteiger partial charge >= 0.3 is 0 Å². The first-order valence-corrected chi connectivity index (χ1v) is 7.67. The summed E-state index contributed by atoms with van der Waals surface area (Å²) in [5.41, 5.74) is 0. The van der Waals surface area contributed by atoms with Crippen molar-refractivity contribution >= 4 is 9.84 Å². The predicted octanol–water partition coefficient (Wildman–Crippen LogP) is 0.559. The lowest BCUT2D eigenvalue weighted by atomic mass is 10.2. The molecule has 16 heavy (non-hydrogen) atoms. The van der Waals surface area contributed by atoms with Crippen molar-refractivity contribution in [1.29, 1.82) is 0 Å². The molecular formula is C11H23NO3S. The molecule has 2 unspecified atom stereocenters. The Balaban J connectivity index is 2.37. The number of rotatable bonds is 7. The van der Waals surface area contributed by atoms with Gasteiger partial charge in [0.15, 0.2) is 9.84 Å². The molecule has 5 heteroatoms. The van der Waals surface area contributed by atoms with Gasteiger partial charge in [0.05, 0.1) is 17.1 Å². The smallest absolute Gasteiger partial charge is 0.155 e. The number of sulfone groups is 1. The second kappa shape index (κ2) is 5.47. The van der Waals surface area contributed by atoms with E-state index < -0.39 is 15.9 Å². The molecule has 1 aliphatic carbocycles. The third-order valence-corrected chi connectivity index (χ3v) is 5.68. The fourth-order valence-corrected chi connectivity index (χ4v) is 3.27. The molecule has 0 aromatic carbocycles. The lowest BCUT2D eigenvalue weighted by Crippen LogP contribution is -2.37. The van der Waals surface area contributed by atoms with Crippen molar-refractivity contribution in [3.05, 3.63) is 0 Å². The van der Waals surface area contributed by atoms with Crippen LogP contribution in [0.5, 0.6) is 0 Å². The van der Waals surface area contributed by atoms with Crippen molar-refractivity contribution in [1.82, 2.24) is 5.32 Å². The normalized spacial score (nSPS) is 21.1. The first kappa shape index (κ1) is 13.9. The van der Waals surface area contributed by atoms with E-state index in [1.54, 1.807) is 6.92 Å². The maximum atomic E-state index is 11.9. The minimum Gasteiger partial charge on any atom is -0.391 e. The lowest BCUT2D eigenvalue weighted by molar-refractivity contribution is 0.192. The zero-order valence-electron chi connectivity index (χ0n) is 10.3. The highest BCUT2D eigenvalue weighted by atomic mass is 32.2.